The Kier molecular flexibility index (Phi) is 6.69. The van der Waals surface area contributed by atoms with Crippen molar-refractivity contribution in [1.82, 2.24) is 5.32 Å². The summed E-state index contributed by atoms with van der Waals surface area (Å²) in [5.41, 5.74) is 6.50. The van der Waals surface area contributed by atoms with Gasteiger partial charge in [-0.2, -0.15) is 0 Å². The first kappa shape index (κ1) is 16.7. The lowest BCUT2D eigenvalue weighted by molar-refractivity contribution is -0.0419. The minimum absolute atomic E-state index is 0.142. The van der Waals surface area contributed by atoms with Crippen molar-refractivity contribution in [2.45, 2.75) is 32.7 Å². The SMILES string of the molecule is C=C(C)C1=C=CC/C(C(C)(C)NCOCOC)=C\C=C/1. The average molecular weight is 275 g/mol. The Hall–Kier alpha value is -1.38. The lowest BCUT2D eigenvalue weighted by Gasteiger charge is -2.29. The number of hydrogen-bond acceptors (Lipinski definition) is 3. The molecule has 0 saturated heterocycles. The second kappa shape index (κ2) is 8.03. The summed E-state index contributed by atoms with van der Waals surface area (Å²) in [5.74, 6) is 0. The highest BCUT2D eigenvalue weighted by Crippen LogP contribution is 2.22. The molecule has 0 amide bonds. The number of allylic oxidation sites excluding steroid dienone is 5. The fourth-order valence-electron chi connectivity index (χ4n) is 1.85. The average Bonchev–Trinajstić information content (AvgIpc) is 2.33. The molecule has 1 N–H and O–H groups in total. The van der Waals surface area contributed by atoms with E-state index in [1.807, 2.05) is 13.0 Å². The van der Waals surface area contributed by atoms with Gasteiger partial charge in [0.05, 0.1) is 0 Å². The smallest absolute Gasteiger partial charge is 0.148 e. The molecular weight excluding hydrogens is 250 g/mol. The molecule has 1 aliphatic carbocycles. The van der Waals surface area contributed by atoms with E-state index in [2.05, 4.69) is 49.7 Å². The van der Waals surface area contributed by atoms with E-state index in [-0.39, 0.29) is 5.54 Å². The van der Waals surface area contributed by atoms with Crippen LogP contribution in [-0.4, -0.2) is 26.2 Å². The van der Waals surface area contributed by atoms with Crippen molar-refractivity contribution in [2.24, 2.45) is 0 Å². The normalized spacial score (nSPS) is 19.6. The van der Waals surface area contributed by atoms with Crippen molar-refractivity contribution in [1.29, 1.82) is 0 Å². The summed E-state index contributed by atoms with van der Waals surface area (Å²) < 4.78 is 10.2. The molecule has 110 valence electrons. The van der Waals surface area contributed by atoms with Crippen LogP contribution in [0.25, 0.3) is 0 Å². The van der Waals surface area contributed by atoms with Gasteiger partial charge in [0.1, 0.15) is 13.5 Å². The van der Waals surface area contributed by atoms with Crippen LogP contribution in [0.1, 0.15) is 27.2 Å². The van der Waals surface area contributed by atoms with Gasteiger partial charge in [-0.15, -0.1) is 5.73 Å². The van der Waals surface area contributed by atoms with Gasteiger partial charge < -0.3 is 9.47 Å². The topological polar surface area (TPSA) is 30.5 Å². The van der Waals surface area contributed by atoms with E-state index in [4.69, 9.17) is 9.47 Å². The van der Waals surface area contributed by atoms with Crippen molar-refractivity contribution in [3.8, 4) is 0 Å². The molecule has 0 bridgehead atoms. The van der Waals surface area contributed by atoms with Gasteiger partial charge in [0.2, 0.25) is 0 Å². The summed E-state index contributed by atoms with van der Waals surface area (Å²) in [5, 5.41) is 3.37. The van der Waals surface area contributed by atoms with Gasteiger partial charge in [0, 0.05) is 18.2 Å². The first-order valence-corrected chi connectivity index (χ1v) is 6.78. The summed E-state index contributed by atoms with van der Waals surface area (Å²) in [4.78, 5) is 0. The summed E-state index contributed by atoms with van der Waals surface area (Å²) in [6.07, 6.45) is 9.14. The minimum Gasteiger partial charge on any atom is -0.359 e. The highest BCUT2D eigenvalue weighted by molar-refractivity contribution is 5.40. The van der Waals surface area contributed by atoms with Crippen molar-refractivity contribution in [2.75, 3.05) is 20.6 Å². The molecule has 0 aliphatic heterocycles. The van der Waals surface area contributed by atoms with E-state index in [0.29, 0.717) is 13.5 Å². The predicted molar refractivity (Wildman–Crippen MR) is 83.3 cm³/mol. The molecule has 1 rings (SSSR count). The van der Waals surface area contributed by atoms with Crippen LogP contribution in [0.2, 0.25) is 0 Å². The summed E-state index contributed by atoms with van der Waals surface area (Å²) in [7, 11) is 1.61. The number of ether oxygens (including phenoxy) is 2. The van der Waals surface area contributed by atoms with Crippen LogP contribution in [-0.2, 0) is 9.47 Å². The van der Waals surface area contributed by atoms with Crippen LogP contribution in [0, 0.1) is 0 Å². The Morgan fingerprint density at radius 1 is 1.50 bits per heavy atom. The number of hydrogen-bond donors (Lipinski definition) is 1. The maximum atomic E-state index is 5.29. The van der Waals surface area contributed by atoms with Crippen LogP contribution in [0.5, 0.6) is 0 Å². The standard InChI is InChI=1S/C17H25NO2/c1-14(2)15-8-6-10-16(11-7-9-15)17(3,4)18-12-20-13-19-5/h6-8,10,18H,1,11-13H2,2-5H3/b8-6-,16-10+. The van der Waals surface area contributed by atoms with Crippen LogP contribution in [0.4, 0.5) is 0 Å². The first-order valence-electron chi connectivity index (χ1n) is 6.78. The highest BCUT2D eigenvalue weighted by atomic mass is 16.7. The van der Waals surface area contributed by atoms with Gasteiger partial charge in [0.15, 0.2) is 0 Å². The predicted octanol–water partition coefficient (Wildman–Crippen LogP) is 3.48. The van der Waals surface area contributed by atoms with Gasteiger partial charge in [0.25, 0.3) is 0 Å². The summed E-state index contributed by atoms with van der Waals surface area (Å²) in [6.45, 7) is 11.0. The van der Waals surface area contributed by atoms with Crippen molar-refractivity contribution < 1.29 is 9.47 Å². The van der Waals surface area contributed by atoms with Crippen molar-refractivity contribution in [3.05, 3.63) is 53.3 Å². The van der Waals surface area contributed by atoms with Gasteiger partial charge in [-0.3, -0.25) is 5.32 Å². The zero-order valence-corrected chi connectivity index (χ0v) is 13.0. The Morgan fingerprint density at radius 3 is 2.90 bits per heavy atom. The Morgan fingerprint density at radius 2 is 2.25 bits per heavy atom. The third-order valence-electron chi connectivity index (χ3n) is 3.22. The van der Waals surface area contributed by atoms with E-state index < -0.39 is 0 Å². The van der Waals surface area contributed by atoms with Gasteiger partial charge in [-0.1, -0.05) is 18.7 Å². The van der Waals surface area contributed by atoms with Crippen LogP contribution in [0.15, 0.2) is 53.3 Å². The molecule has 1 aliphatic rings. The molecule has 0 saturated carbocycles. The molecule has 20 heavy (non-hydrogen) atoms. The molecule has 0 heterocycles. The largest absolute Gasteiger partial charge is 0.359 e. The molecule has 0 radical (unpaired) electrons. The quantitative estimate of drug-likeness (QED) is 0.438. The summed E-state index contributed by atoms with van der Waals surface area (Å²) in [6, 6.07) is 0. The third-order valence-corrected chi connectivity index (χ3v) is 3.22. The Bertz CT molecular complexity index is 463. The second-order valence-corrected chi connectivity index (χ2v) is 5.35. The zero-order chi connectivity index (χ0) is 15.0. The van der Waals surface area contributed by atoms with Crippen LogP contribution >= 0.6 is 0 Å². The molecule has 3 nitrogen and oxygen atoms in total. The monoisotopic (exact) mass is 275 g/mol. The second-order valence-electron chi connectivity index (χ2n) is 5.35. The number of methoxy groups -OCH3 is 1. The van der Waals surface area contributed by atoms with Gasteiger partial charge >= 0.3 is 0 Å². The Labute approximate surface area is 122 Å². The molecule has 0 aromatic carbocycles. The fraction of sp³-hybridized carbons (Fsp3) is 0.471. The van der Waals surface area contributed by atoms with Crippen molar-refractivity contribution in [3.63, 3.8) is 0 Å². The van der Waals surface area contributed by atoms with Crippen molar-refractivity contribution >= 4 is 0 Å². The van der Waals surface area contributed by atoms with E-state index in [1.165, 1.54) is 5.57 Å². The van der Waals surface area contributed by atoms with Gasteiger partial charge in [-0.25, -0.2) is 0 Å². The molecule has 0 spiro atoms. The lowest BCUT2D eigenvalue weighted by Crippen LogP contribution is -2.42. The maximum Gasteiger partial charge on any atom is 0.148 e. The van der Waals surface area contributed by atoms with E-state index in [9.17, 15) is 0 Å². The number of rotatable bonds is 7. The molecule has 0 fully saturated rings. The highest BCUT2D eigenvalue weighted by Gasteiger charge is 2.21. The maximum absolute atomic E-state index is 5.29. The van der Waals surface area contributed by atoms with E-state index in [0.717, 1.165) is 17.6 Å². The lowest BCUT2D eigenvalue weighted by atomic mass is 9.90. The van der Waals surface area contributed by atoms with E-state index in [1.54, 1.807) is 7.11 Å². The third kappa shape index (κ3) is 5.32. The fourth-order valence-corrected chi connectivity index (χ4v) is 1.85. The number of nitrogens with one attached hydrogen (secondary N) is 1. The molecular formula is C17H25NO2. The zero-order valence-electron chi connectivity index (χ0n) is 13.0. The van der Waals surface area contributed by atoms with Crippen LogP contribution < -0.4 is 5.32 Å². The van der Waals surface area contributed by atoms with Gasteiger partial charge in [-0.05, 0) is 50.5 Å². The first-order chi connectivity index (χ1) is 9.47. The molecule has 0 aromatic heterocycles. The molecule has 0 aromatic rings. The molecule has 0 atom stereocenters. The minimum atomic E-state index is -0.142. The van der Waals surface area contributed by atoms with Crippen LogP contribution in [0.3, 0.4) is 0 Å². The summed E-state index contributed by atoms with van der Waals surface area (Å²) >= 11 is 0. The molecule has 3 heteroatoms. The van der Waals surface area contributed by atoms with E-state index >= 15 is 0 Å². The Balaban J connectivity index is 2.68. The molecule has 0 unspecified atom stereocenters.